The fourth-order valence-corrected chi connectivity index (χ4v) is 22.2. The molecule has 124 heavy (non-hydrogen) atoms. The highest BCUT2D eigenvalue weighted by atomic mass is 32.1. The largest absolute Gasteiger partial charge is 0.455 e. The lowest BCUT2D eigenvalue weighted by Gasteiger charge is -2.42. The Balaban J connectivity index is 0.568. The summed E-state index contributed by atoms with van der Waals surface area (Å²) in [7, 11) is 0. The molecule has 0 N–H and O–H groups in total. The minimum atomic E-state index is 0.0240. The van der Waals surface area contributed by atoms with Crippen LogP contribution in [0.1, 0.15) is 145 Å². The van der Waals surface area contributed by atoms with Crippen molar-refractivity contribution in [2.45, 2.75) is 128 Å². The lowest BCUT2D eigenvalue weighted by Crippen LogP contribution is -2.33. The smallest absolute Gasteiger partial charge is 0.164 e. The van der Waals surface area contributed by atoms with Crippen molar-refractivity contribution < 1.29 is 4.42 Å². The zero-order valence-electron chi connectivity index (χ0n) is 70.9. The van der Waals surface area contributed by atoms with E-state index in [1.54, 1.807) is 0 Å². The molecule has 6 heterocycles. The van der Waals surface area contributed by atoms with Gasteiger partial charge in [-0.3, -0.25) is 0 Å². The van der Waals surface area contributed by atoms with E-state index in [0.29, 0.717) is 34.9 Å². The van der Waals surface area contributed by atoms with E-state index in [0.717, 1.165) is 149 Å². The number of nitrogens with zero attached hydrogens (tertiary/aromatic N) is 8. The molecule has 4 aliphatic carbocycles. The van der Waals surface area contributed by atoms with Gasteiger partial charge in [-0.05, 0) is 224 Å². The molecule has 10 heteroatoms. The van der Waals surface area contributed by atoms with Crippen LogP contribution in [0.5, 0.6) is 0 Å². The Morgan fingerprint density at radius 3 is 1.59 bits per heavy atom. The monoisotopic (exact) mass is 1620 g/mol. The minimum Gasteiger partial charge on any atom is -0.455 e. The summed E-state index contributed by atoms with van der Waals surface area (Å²) in [6.07, 6.45) is 21.1. The molecule has 0 spiro atoms. The number of fused-ring (bicyclic) bond motifs is 16. The molecule has 20 aromatic rings. The summed E-state index contributed by atoms with van der Waals surface area (Å²) in [4.78, 5) is 33.0. The number of thiophene rings is 1. The quantitative estimate of drug-likeness (QED) is 0.127. The van der Waals surface area contributed by atoms with Gasteiger partial charge in [-0.15, -0.1) is 11.3 Å². The van der Waals surface area contributed by atoms with Crippen LogP contribution in [0, 0.1) is 0 Å². The molecule has 4 aliphatic rings. The van der Waals surface area contributed by atoms with Crippen LogP contribution in [0.4, 0.5) is 0 Å². The van der Waals surface area contributed by atoms with Crippen LogP contribution in [0.25, 0.3) is 198 Å². The van der Waals surface area contributed by atoms with Crippen molar-refractivity contribution in [1.29, 1.82) is 0 Å². The number of aromatic nitrogens is 8. The molecule has 24 rings (SSSR count). The summed E-state index contributed by atoms with van der Waals surface area (Å²) in [6, 6.07) is 101. The standard InChI is InChI=1S/C114H90N8OS/c1-111(2)54-56-113(5,6)93-65-98-88(63-91(93)111)82-29-16-19-36-95(82)121(98)78-52-50-69-44-49-74(59-76(69)60-78)106-116-107(119-109(118-106)85-31-15-14-27-79(85)70-24-10-9-11-25-70)75-51-53-100-90(61-75)84-34-22-33-81(104(84)123-100)71-45-40-67(41-46-71)68-42-47-72(48-43-68)105-115-108(120-110(117-105)87-35-23-39-102-103(87)86-32-18-21-38-101(86)124-102)77-58-73-26-12-13-28-80(73)97(62-77)122-96-37-20-17-30-83(96)89-64-92-94(66-99(89)122)114(7,8)57-55-112(92,3)4/h10,12-42,44-53,58-66,68H,9,11,43,54-57H2,1-8H3. The van der Waals surface area contributed by atoms with Crippen molar-refractivity contribution in [3.05, 3.63) is 349 Å². The average Bonchev–Trinajstić information content (AvgIpc) is 1.53. The van der Waals surface area contributed by atoms with Crippen LogP contribution in [0.2, 0.25) is 0 Å². The van der Waals surface area contributed by atoms with Crippen LogP contribution < -0.4 is 0 Å². The van der Waals surface area contributed by atoms with E-state index >= 15 is 0 Å². The first kappa shape index (κ1) is 74.1. The summed E-state index contributed by atoms with van der Waals surface area (Å²) in [5.41, 5.74) is 25.9. The lowest BCUT2D eigenvalue weighted by atomic mass is 9.63. The van der Waals surface area contributed by atoms with Gasteiger partial charge < -0.3 is 13.6 Å². The van der Waals surface area contributed by atoms with E-state index in [4.69, 9.17) is 34.3 Å². The number of benzene rings is 14. The summed E-state index contributed by atoms with van der Waals surface area (Å²) >= 11 is 1.81. The molecule has 0 saturated heterocycles. The number of hydrogen-bond acceptors (Lipinski definition) is 8. The molecule has 1 atom stereocenters. The molecule has 0 bridgehead atoms. The van der Waals surface area contributed by atoms with Crippen LogP contribution in [-0.4, -0.2) is 39.0 Å². The Hall–Kier alpha value is -13.8. The van der Waals surface area contributed by atoms with Gasteiger partial charge in [-0.2, -0.15) is 0 Å². The van der Waals surface area contributed by atoms with Crippen LogP contribution in [0.15, 0.2) is 314 Å². The second kappa shape index (κ2) is 27.9. The summed E-state index contributed by atoms with van der Waals surface area (Å²) < 4.78 is 14.4. The summed E-state index contributed by atoms with van der Waals surface area (Å²) in [6.45, 7) is 19.4. The molecule has 14 aromatic carbocycles. The number of furan rings is 1. The van der Waals surface area contributed by atoms with Gasteiger partial charge in [0, 0.05) is 108 Å². The normalized spacial score (nSPS) is 16.5. The second-order valence-corrected chi connectivity index (χ2v) is 38.7. The Morgan fingerprint density at radius 1 is 0.339 bits per heavy atom. The van der Waals surface area contributed by atoms with Crippen molar-refractivity contribution in [2.24, 2.45) is 0 Å². The third-order valence-corrected chi connectivity index (χ3v) is 29.3. The first-order chi connectivity index (χ1) is 60.4. The SMILES string of the molecule is CC1(C)CCC(C)(C)c2cc3c(cc21)c1ccccc1n3-c1ccc2ccc(-c3nc(-c4ccc5oc6c(-c7ccc(C8C=CC(c9nc(-c%10cc(-n%11c%12ccccc%12c%12cc%13c(cc%12%11)C(C)(C)CCC%13(C)C)c%11ccccc%11c%10)nc(-c%10cccc%11sc%12ccccc%12c%10%11)n9)=CC8)cc7)cccc6c5c4)nc(-c4ccccc4C4=CCCC=C4)n3)cc2c1. The zero-order valence-corrected chi connectivity index (χ0v) is 71.7. The number of para-hydroxylation sites is 3. The van der Waals surface area contributed by atoms with E-state index in [1.807, 2.05) is 11.3 Å². The molecule has 0 radical (unpaired) electrons. The molecule has 0 aliphatic heterocycles. The molecule has 9 nitrogen and oxygen atoms in total. The first-order valence-electron chi connectivity index (χ1n) is 44.0. The number of rotatable bonds is 11. The van der Waals surface area contributed by atoms with E-state index in [1.165, 1.54) is 98.2 Å². The van der Waals surface area contributed by atoms with Gasteiger partial charge in [0.1, 0.15) is 11.2 Å². The van der Waals surface area contributed by atoms with Gasteiger partial charge in [-0.25, -0.2) is 29.9 Å². The predicted molar refractivity (Wildman–Crippen MR) is 518 cm³/mol. The fourth-order valence-electron chi connectivity index (χ4n) is 21.0. The van der Waals surface area contributed by atoms with Crippen LogP contribution in [0.3, 0.4) is 0 Å². The summed E-state index contributed by atoms with van der Waals surface area (Å²) in [5, 5.41) is 14.0. The molecule has 6 aromatic heterocycles. The molecule has 1 unspecified atom stereocenters. The molecule has 598 valence electrons. The third-order valence-electron chi connectivity index (χ3n) is 28.1. The minimum absolute atomic E-state index is 0.0240. The summed E-state index contributed by atoms with van der Waals surface area (Å²) in [5.74, 6) is 3.83. The Morgan fingerprint density at radius 2 is 0.879 bits per heavy atom. The lowest BCUT2D eigenvalue weighted by molar-refractivity contribution is 0.332. The number of allylic oxidation sites excluding steroid dienone is 8. The van der Waals surface area contributed by atoms with Gasteiger partial charge in [0.05, 0.1) is 27.8 Å². The Labute approximate surface area is 724 Å². The topological polar surface area (TPSA) is 100 Å². The van der Waals surface area contributed by atoms with Crippen molar-refractivity contribution in [3.63, 3.8) is 0 Å². The highest BCUT2D eigenvalue weighted by Gasteiger charge is 2.40. The first-order valence-corrected chi connectivity index (χ1v) is 44.8. The Kier molecular flexibility index (Phi) is 16.6. The van der Waals surface area contributed by atoms with E-state index < -0.39 is 0 Å². The predicted octanol–water partition coefficient (Wildman–Crippen LogP) is 30.4. The molecule has 0 fully saturated rings. The maximum absolute atomic E-state index is 6.97. The van der Waals surface area contributed by atoms with Crippen molar-refractivity contribution >= 4 is 130 Å². The second-order valence-electron chi connectivity index (χ2n) is 37.6. The van der Waals surface area contributed by atoms with Crippen LogP contribution >= 0.6 is 11.3 Å². The van der Waals surface area contributed by atoms with E-state index in [2.05, 4.69) is 374 Å². The average molecular weight is 1620 g/mol. The molecular formula is C114H90N8OS. The van der Waals surface area contributed by atoms with Gasteiger partial charge >= 0.3 is 0 Å². The van der Waals surface area contributed by atoms with E-state index in [-0.39, 0.29) is 27.6 Å². The highest BCUT2D eigenvalue weighted by molar-refractivity contribution is 7.26. The van der Waals surface area contributed by atoms with Gasteiger partial charge in [0.15, 0.2) is 34.9 Å². The maximum atomic E-state index is 6.97. The zero-order chi connectivity index (χ0) is 83.2. The fraction of sp³-hybridized carbons (Fsp3) is 0.175. The maximum Gasteiger partial charge on any atom is 0.164 e. The van der Waals surface area contributed by atoms with Crippen molar-refractivity contribution in [2.75, 3.05) is 0 Å². The van der Waals surface area contributed by atoms with Gasteiger partial charge in [0.25, 0.3) is 0 Å². The van der Waals surface area contributed by atoms with Gasteiger partial charge in [-0.1, -0.05) is 268 Å². The van der Waals surface area contributed by atoms with Gasteiger partial charge in [0.2, 0.25) is 0 Å². The van der Waals surface area contributed by atoms with Crippen molar-refractivity contribution in [1.82, 2.24) is 39.0 Å². The Bertz CT molecular complexity index is 8110. The third kappa shape index (κ3) is 12.0. The molecule has 0 saturated carbocycles. The molecular weight excluding hydrogens is 1530 g/mol. The molecule has 0 amide bonds. The van der Waals surface area contributed by atoms with Crippen molar-refractivity contribution in [3.8, 4) is 79.4 Å². The highest BCUT2D eigenvalue weighted by Crippen LogP contribution is 2.53. The van der Waals surface area contributed by atoms with Crippen LogP contribution in [-0.2, 0) is 21.7 Å². The number of hydrogen-bond donors (Lipinski definition) is 0. The van der Waals surface area contributed by atoms with E-state index in [9.17, 15) is 0 Å².